The highest BCUT2D eigenvalue weighted by Gasteiger charge is 2.20. The van der Waals surface area contributed by atoms with Crippen molar-refractivity contribution < 1.29 is 0 Å². The van der Waals surface area contributed by atoms with Crippen molar-refractivity contribution in [2.24, 2.45) is 17.3 Å². The van der Waals surface area contributed by atoms with Gasteiger partial charge in [0.25, 0.3) is 0 Å². The van der Waals surface area contributed by atoms with Crippen LogP contribution in [0.3, 0.4) is 0 Å². The van der Waals surface area contributed by atoms with E-state index in [0.717, 1.165) is 31.9 Å². The van der Waals surface area contributed by atoms with E-state index in [0.29, 0.717) is 5.95 Å². The van der Waals surface area contributed by atoms with E-state index in [1.807, 2.05) is 23.9 Å². The number of anilines is 2. The maximum atomic E-state index is 4.33. The van der Waals surface area contributed by atoms with Crippen LogP contribution in [0.15, 0.2) is 40.8 Å². The van der Waals surface area contributed by atoms with Crippen molar-refractivity contribution in [2.45, 2.75) is 13.8 Å². The number of azo groups is 1. The minimum atomic E-state index is 0.611. The van der Waals surface area contributed by atoms with Crippen LogP contribution >= 0.6 is 0 Å². The number of likely N-dealkylation sites (N-methyl/N-ethyl adjacent to an activating group) is 2. The van der Waals surface area contributed by atoms with Crippen LogP contribution in [0.25, 0.3) is 0 Å². The van der Waals surface area contributed by atoms with Crippen LogP contribution in [0.2, 0.25) is 0 Å². The van der Waals surface area contributed by atoms with Crippen molar-refractivity contribution in [3.05, 3.63) is 30.6 Å². The fraction of sp³-hybridized carbons (Fsp3) is 0.438. The molecule has 0 N–H and O–H groups in total. The summed E-state index contributed by atoms with van der Waals surface area (Å²) in [6.45, 7) is 8.54. The van der Waals surface area contributed by atoms with Crippen LogP contribution in [-0.2, 0) is 7.05 Å². The molecule has 1 aliphatic heterocycles. The van der Waals surface area contributed by atoms with E-state index < -0.39 is 0 Å². The minimum absolute atomic E-state index is 0.611. The summed E-state index contributed by atoms with van der Waals surface area (Å²) in [6.07, 6.45) is 3.58. The van der Waals surface area contributed by atoms with Gasteiger partial charge in [0, 0.05) is 45.6 Å². The van der Waals surface area contributed by atoms with E-state index in [4.69, 9.17) is 0 Å². The van der Waals surface area contributed by atoms with Crippen molar-refractivity contribution in [2.75, 3.05) is 36.0 Å². The van der Waals surface area contributed by atoms with Crippen LogP contribution < -0.4 is 9.80 Å². The highest BCUT2D eigenvalue weighted by atomic mass is 15.3. The molecule has 1 aliphatic rings. The normalized spacial score (nSPS) is 14.7. The summed E-state index contributed by atoms with van der Waals surface area (Å²) in [4.78, 5) is 8.95. The van der Waals surface area contributed by atoms with Crippen LogP contribution in [0, 0.1) is 0 Å². The molecule has 2 heterocycles. The number of benzene rings is 1. The smallest absolute Gasteiger partial charge is 0.249 e. The summed E-state index contributed by atoms with van der Waals surface area (Å²) in [5, 5.41) is 8.55. The number of imidazole rings is 1. The first-order valence-corrected chi connectivity index (χ1v) is 7.76. The van der Waals surface area contributed by atoms with Gasteiger partial charge < -0.3 is 14.4 Å². The molecule has 2 aromatic rings. The van der Waals surface area contributed by atoms with Crippen molar-refractivity contribution in [1.29, 1.82) is 0 Å². The number of nitrogens with zero attached hydrogens (tertiary/aromatic N) is 6. The molecule has 0 saturated carbocycles. The third-order valence-corrected chi connectivity index (χ3v) is 4.09. The number of hydrogen-bond acceptors (Lipinski definition) is 5. The number of fused-ring (bicyclic) bond motifs is 1. The minimum Gasteiger partial charge on any atom is -0.368 e. The first-order valence-electron chi connectivity index (χ1n) is 7.76. The zero-order valence-electron chi connectivity index (χ0n) is 13.4. The summed E-state index contributed by atoms with van der Waals surface area (Å²) in [5.41, 5.74) is 3.39. The van der Waals surface area contributed by atoms with Gasteiger partial charge in [0.15, 0.2) is 0 Å². The molecule has 0 amide bonds. The quantitative estimate of drug-likeness (QED) is 0.812. The molecule has 6 nitrogen and oxygen atoms in total. The second-order valence-corrected chi connectivity index (χ2v) is 5.37. The first kappa shape index (κ1) is 14.6. The Kier molecular flexibility index (Phi) is 4.09. The van der Waals surface area contributed by atoms with Gasteiger partial charge in [-0.3, -0.25) is 0 Å². The summed E-state index contributed by atoms with van der Waals surface area (Å²) in [7, 11) is 1.91. The zero-order chi connectivity index (χ0) is 15.5. The van der Waals surface area contributed by atoms with E-state index in [9.17, 15) is 0 Å². The van der Waals surface area contributed by atoms with Gasteiger partial charge in [0.1, 0.15) is 0 Å². The zero-order valence-corrected chi connectivity index (χ0v) is 13.4. The third-order valence-electron chi connectivity index (χ3n) is 4.09. The van der Waals surface area contributed by atoms with Gasteiger partial charge in [-0.1, -0.05) is 0 Å². The average Bonchev–Trinajstić information content (AvgIpc) is 2.96. The van der Waals surface area contributed by atoms with Crippen LogP contribution in [0.1, 0.15) is 13.8 Å². The molecule has 0 radical (unpaired) electrons. The van der Waals surface area contributed by atoms with Gasteiger partial charge in [-0.2, -0.15) is 0 Å². The molecule has 3 rings (SSSR count). The molecule has 0 atom stereocenters. The summed E-state index contributed by atoms with van der Waals surface area (Å²) >= 11 is 0. The number of rotatable bonds is 4. The summed E-state index contributed by atoms with van der Waals surface area (Å²) < 4.78 is 1.85. The predicted molar refractivity (Wildman–Crippen MR) is 89.6 cm³/mol. The van der Waals surface area contributed by atoms with Crippen LogP contribution in [-0.4, -0.2) is 35.7 Å². The second-order valence-electron chi connectivity index (χ2n) is 5.37. The van der Waals surface area contributed by atoms with Gasteiger partial charge in [-0.15, -0.1) is 10.2 Å². The van der Waals surface area contributed by atoms with Crippen LogP contribution in [0.4, 0.5) is 23.0 Å². The number of hydrogen-bond donors (Lipinski definition) is 0. The molecule has 0 spiro atoms. The lowest BCUT2D eigenvalue weighted by Crippen LogP contribution is -2.40. The fourth-order valence-corrected chi connectivity index (χ4v) is 2.79. The first-order chi connectivity index (χ1) is 10.7. The molecule has 0 aliphatic carbocycles. The molecular formula is C16H22N6. The predicted octanol–water partition coefficient (Wildman–Crippen LogP) is 3.50. The van der Waals surface area contributed by atoms with E-state index in [-0.39, 0.29) is 0 Å². The van der Waals surface area contributed by atoms with E-state index in [1.54, 1.807) is 6.20 Å². The van der Waals surface area contributed by atoms with Crippen molar-refractivity contribution in [3.8, 4) is 0 Å². The number of aromatic nitrogens is 2. The standard InChI is InChI=1S/C16H22N6/c1-4-21-10-11-22(5-2)15-12-13(6-7-14(15)21)18-19-16-17-8-9-20(16)3/h6-9,12H,4-5,10-11H2,1-3H3. The van der Waals surface area contributed by atoms with Crippen molar-refractivity contribution in [1.82, 2.24) is 9.55 Å². The Morgan fingerprint density at radius 2 is 1.77 bits per heavy atom. The largest absolute Gasteiger partial charge is 0.368 e. The van der Waals surface area contributed by atoms with Crippen LogP contribution in [0.5, 0.6) is 0 Å². The van der Waals surface area contributed by atoms with E-state index in [1.165, 1.54) is 11.4 Å². The van der Waals surface area contributed by atoms with E-state index >= 15 is 0 Å². The third kappa shape index (κ3) is 2.68. The van der Waals surface area contributed by atoms with Gasteiger partial charge in [-0.05, 0) is 32.0 Å². The SMILES string of the molecule is CCN1CCN(CC)c2cc(N=Nc3nccn3C)ccc21. The molecule has 1 aromatic heterocycles. The lowest BCUT2D eigenvalue weighted by atomic mass is 10.1. The maximum absolute atomic E-state index is 4.33. The lowest BCUT2D eigenvalue weighted by molar-refractivity contribution is 0.723. The molecule has 0 fully saturated rings. The Bertz CT molecular complexity index is 675. The van der Waals surface area contributed by atoms with Crippen molar-refractivity contribution in [3.63, 3.8) is 0 Å². The molecule has 22 heavy (non-hydrogen) atoms. The Morgan fingerprint density at radius 3 is 2.41 bits per heavy atom. The highest BCUT2D eigenvalue weighted by molar-refractivity contribution is 5.76. The maximum Gasteiger partial charge on any atom is 0.249 e. The van der Waals surface area contributed by atoms with E-state index in [2.05, 4.69) is 51.0 Å². The Hall–Kier alpha value is -2.37. The monoisotopic (exact) mass is 298 g/mol. The topological polar surface area (TPSA) is 49.0 Å². The Morgan fingerprint density at radius 1 is 1.05 bits per heavy atom. The molecule has 116 valence electrons. The summed E-state index contributed by atoms with van der Waals surface area (Å²) in [6, 6.07) is 6.29. The summed E-state index contributed by atoms with van der Waals surface area (Å²) in [5.74, 6) is 0.611. The molecule has 1 aromatic carbocycles. The average molecular weight is 298 g/mol. The molecular weight excluding hydrogens is 276 g/mol. The van der Waals surface area contributed by atoms with Gasteiger partial charge in [0.2, 0.25) is 5.95 Å². The Balaban J connectivity index is 1.92. The second kappa shape index (κ2) is 6.17. The highest BCUT2D eigenvalue weighted by Crippen LogP contribution is 2.36. The number of aryl methyl sites for hydroxylation is 1. The lowest BCUT2D eigenvalue weighted by Gasteiger charge is -2.38. The molecule has 0 saturated heterocycles. The molecule has 6 heteroatoms. The van der Waals surface area contributed by atoms with Gasteiger partial charge >= 0.3 is 0 Å². The van der Waals surface area contributed by atoms with Gasteiger partial charge in [-0.25, -0.2) is 4.98 Å². The fourth-order valence-electron chi connectivity index (χ4n) is 2.79. The van der Waals surface area contributed by atoms with Gasteiger partial charge in [0.05, 0.1) is 17.1 Å². The van der Waals surface area contributed by atoms with Crippen molar-refractivity contribution >= 4 is 23.0 Å². The molecule has 0 unspecified atom stereocenters. The Labute approximate surface area is 131 Å². The molecule has 0 bridgehead atoms.